The summed E-state index contributed by atoms with van der Waals surface area (Å²) in [5.74, 6) is -1.85. The summed E-state index contributed by atoms with van der Waals surface area (Å²) in [4.78, 5) is 52.0. The Bertz CT molecular complexity index is 1620. The number of aryl methyl sites for hydroxylation is 1. The minimum atomic E-state index is -4.68. The van der Waals surface area contributed by atoms with Crippen LogP contribution in [0.25, 0.3) is 0 Å². The molecule has 1 aromatic carbocycles. The number of rotatable bonds is 8. The van der Waals surface area contributed by atoms with Crippen LogP contribution in [-0.2, 0) is 27.1 Å². The number of likely N-dealkylation sites (tertiary alicyclic amines) is 1. The Morgan fingerprint density at radius 3 is 2.59 bits per heavy atom. The maximum Gasteiger partial charge on any atom is 0.416 e. The van der Waals surface area contributed by atoms with Crippen LogP contribution < -0.4 is 14.7 Å². The first-order valence-corrected chi connectivity index (χ1v) is 13.7. The SMILES string of the molecule is C=CC(=O)N1CC(c2nc(CN(C)c3c(F)cccc3N(C)C(=O)C3CCC(=O)N3c3cc(C(F)(F)F)cc(C)n3)no2)C1. The lowest BCUT2D eigenvalue weighted by molar-refractivity contribution is -0.137. The normalized spacial score (nSPS) is 17.1. The highest BCUT2D eigenvalue weighted by Crippen LogP contribution is 2.37. The molecule has 2 aliphatic rings. The van der Waals surface area contributed by atoms with E-state index in [4.69, 9.17) is 4.52 Å². The van der Waals surface area contributed by atoms with Crippen molar-refractivity contribution in [3.05, 3.63) is 71.8 Å². The predicted molar refractivity (Wildman–Crippen MR) is 150 cm³/mol. The van der Waals surface area contributed by atoms with E-state index in [-0.39, 0.29) is 59.9 Å². The van der Waals surface area contributed by atoms with E-state index in [1.165, 1.54) is 48.0 Å². The minimum Gasteiger partial charge on any atom is -0.363 e. The van der Waals surface area contributed by atoms with Gasteiger partial charge in [0, 0.05) is 39.3 Å². The van der Waals surface area contributed by atoms with Gasteiger partial charge in [-0.15, -0.1) is 0 Å². The number of hydrogen-bond donors (Lipinski definition) is 0. The standard InChI is InChI=1S/C29H29F4N7O4/c1-5-24(41)39-13-17(14-39)27-35-22(36-44-27)15-37(3)26-19(30)7-6-8-20(26)38(4)28(43)21-9-10-25(42)40(21)23-12-18(29(31,32)33)11-16(2)34-23/h5-8,11-12,17,21H,1,9-10,13-15H2,2-4H3. The third-order valence-corrected chi connectivity index (χ3v) is 7.63. The molecular weight excluding hydrogens is 586 g/mol. The maximum absolute atomic E-state index is 15.3. The Labute approximate surface area is 249 Å². The molecule has 5 rings (SSSR count). The molecular formula is C29H29F4N7O4. The molecule has 1 atom stereocenters. The van der Waals surface area contributed by atoms with Gasteiger partial charge in [-0.3, -0.25) is 19.3 Å². The van der Waals surface area contributed by atoms with E-state index in [1.807, 2.05) is 0 Å². The summed E-state index contributed by atoms with van der Waals surface area (Å²) in [6, 6.07) is 4.60. The summed E-state index contributed by atoms with van der Waals surface area (Å²) < 4.78 is 61.1. The number of hydrogen-bond acceptors (Lipinski definition) is 8. The summed E-state index contributed by atoms with van der Waals surface area (Å²) in [6.07, 6.45) is -3.48. The summed E-state index contributed by atoms with van der Waals surface area (Å²) in [6.45, 7) is 5.64. The van der Waals surface area contributed by atoms with Crippen LogP contribution in [0.3, 0.4) is 0 Å². The van der Waals surface area contributed by atoms with Crippen LogP contribution in [0.15, 0.2) is 47.5 Å². The van der Waals surface area contributed by atoms with Gasteiger partial charge < -0.3 is 19.2 Å². The number of para-hydroxylation sites is 1. The fraction of sp³-hybridized carbons (Fsp3) is 0.379. The van der Waals surface area contributed by atoms with Gasteiger partial charge in [-0.2, -0.15) is 18.2 Å². The molecule has 15 heteroatoms. The molecule has 232 valence electrons. The molecule has 0 bridgehead atoms. The maximum atomic E-state index is 15.3. The molecule has 2 aliphatic heterocycles. The predicted octanol–water partition coefficient (Wildman–Crippen LogP) is 3.84. The molecule has 1 unspecified atom stereocenters. The summed E-state index contributed by atoms with van der Waals surface area (Å²) in [5.41, 5.74) is -0.762. The monoisotopic (exact) mass is 615 g/mol. The zero-order valence-corrected chi connectivity index (χ0v) is 24.1. The second-order valence-corrected chi connectivity index (χ2v) is 10.7. The Morgan fingerprint density at radius 2 is 1.91 bits per heavy atom. The van der Waals surface area contributed by atoms with Gasteiger partial charge >= 0.3 is 6.18 Å². The van der Waals surface area contributed by atoms with Crippen LogP contribution in [0.1, 0.15) is 41.7 Å². The quantitative estimate of drug-likeness (QED) is 0.277. The number of likely N-dealkylation sites (N-methyl/N-ethyl adjacent to an activating group) is 1. The van der Waals surface area contributed by atoms with E-state index in [0.29, 0.717) is 19.0 Å². The van der Waals surface area contributed by atoms with Crippen LogP contribution in [0.4, 0.5) is 34.8 Å². The van der Waals surface area contributed by atoms with E-state index in [0.717, 1.165) is 17.0 Å². The van der Waals surface area contributed by atoms with E-state index in [2.05, 4.69) is 21.7 Å². The van der Waals surface area contributed by atoms with Gasteiger partial charge in [0.15, 0.2) is 5.82 Å². The van der Waals surface area contributed by atoms with Crippen molar-refractivity contribution in [3.8, 4) is 0 Å². The van der Waals surface area contributed by atoms with Crippen molar-refractivity contribution < 1.29 is 36.5 Å². The molecule has 0 radical (unpaired) electrons. The highest BCUT2D eigenvalue weighted by molar-refractivity contribution is 6.09. The van der Waals surface area contributed by atoms with Crippen LogP contribution in [0.5, 0.6) is 0 Å². The molecule has 11 nitrogen and oxygen atoms in total. The van der Waals surface area contributed by atoms with Crippen LogP contribution in [0, 0.1) is 12.7 Å². The average Bonchev–Trinajstić information content (AvgIpc) is 3.56. The van der Waals surface area contributed by atoms with Gasteiger partial charge in [-0.1, -0.05) is 17.8 Å². The second-order valence-electron chi connectivity index (χ2n) is 10.7. The van der Waals surface area contributed by atoms with E-state index in [1.54, 1.807) is 11.9 Å². The molecule has 3 aromatic rings. The molecule has 0 spiro atoms. The first kappa shape index (κ1) is 30.6. The molecule has 3 amide bonds. The fourth-order valence-electron chi connectivity index (χ4n) is 5.37. The van der Waals surface area contributed by atoms with Crippen molar-refractivity contribution in [1.29, 1.82) is 0 Å². The fourth-order valence-corrected chi connectivity index (χ4v) is 5.37. The lowest BCUT2D eigenvalue weighted by Crippen LogP contribution is -2.47. The number of alkyl halides is 3. The topological polar surface area (TPSA) is 116 Å². The number of amides is 3. The van der Waals surface area contributed by atoms with Crippen molar-refractivity contribution in [1.82, 2.24) is 20.0 Å². The number of aromatic nitrogens is 3. The summed E-state index contributed by atoms with van der Waals surface area (Å²) >= 11 is 0. The highest BCUT2D eigenvalue weighted by Gasteiger charge is 2.42. The number of pyridine rings is 1. The number of anilines is 3. The van der Waals surface area contributed by atoms with Crippen molar-refractivity contribution >= 4 is 34.9 Å². The van der Waals surface area contributed by atoms with E-state index < -0.39 is 35.4 Å². The van der Waals surface area contributed by atoms with Gasteiger partial charge in [0.25, 0.3) is 0 Å². The third-order valence-electron chi connectivity index (χ3n) is 7.63. The lowest BCUT2D eigenvalue weighted by Gasteiger charge is -2.36. The van der Waals surface area contributed by atoms with Crippen LogP contribution in [-0.4, -0.2) is 71.0 Å². The number of carbonyl (C=O) groups is 3. The third kappa shape index (κ3) is 5.85. The van der Waals surface area contributed by atoms with Crippen molar-refractivity contribution in [2.75, 3.05) is 41.9 Å². The van der Waals surface area contributed by atoms with Gasteiger partial charge in [0.1, 0.15) is 17.7 Å². The number of nitrogens with zero attached hydrogens (tertiary/aromatic N) is 7. The molecule has 44 heavy (non-hydrogen) atoms. The highest BCUT2D eigenvalue weighted by atomic mass is 19.4. The van der Waals surface area contributed by atoms with E-state index >= 15 is 4.39 Å². The van der Waals surface area contributed by atoms with Crippen molar-refractivity contribution in [2.45, 2.75) is 44.4 Å². The molecule has 0 N–H and O–H groups in total. The average molecular weight is 616 g/mol. The number of carbonyl (C=O) groups excluding carboxylic acids is 3. The van der Waals surface area contributed by atoms with Crippen LogP contribution in [0.2, 0.25) is 0 Å². The number of benzene rings is 1. The Hall–Kier alpha value is -4.82. The minimum absolute atomic E-state index is 0.00293. The molecule has 0 aliphatic carbocycles. The second kappa shape index (κ2) is 11.7. The van der Waals surface area contributed by atoms with Gasteiger partial charge in [-0.05, 0) is 43.7 Å². The first-order chi connectivity index (χ1) is 20.8. The summed E-state index contributed by atoms with van der Waals surface area (Å²) in [5, 5.41) is 3.97. The first-order valence-electron chi connectivity index (χ1n) is 13.7. The zero-order chi connectivity index (χ0) is 31.9. The Morgan fingerprint density at radius 1 is 1.18 bits per heavy atom. The number of halogens is 4. The lowest BCUT2D eigenvalue weighted by atomic mass is 10.0. The smallest absolute Gasteiger partial charge is 0.363 e. The van der Waals surface area contributed by atoms with Gasteiger partial charge in [0.05, 0.1) is 29.4 Å². The molecule has 0 saturated carbocycles. The molecule has 2 fully saturated rings. The van der Waals surface area contributed by atoms with Gasteiger partial charge in [-0.25, -0.2) is 9.37 Å². The van der Waals surface area contributed by atoms with Gasteiger partial charge in [0.2, 0.25) is 23.6 Å². The summed E-state index contributed by atoms with van der Waals surface area (Å²) in [7, 11) is 2.98. The van der Waals surface area contributed by atoms with E-state index in [9.17, 15) is 27.6 Å². The van der Waals surface area contributed by atoms with Crippen molar-refractivity contribution in [3.63, 3.8) is 0 Å². The van der Waals surface area contributed by atoms with Crippen LogP contribution >= 0.6 is 0 Å². The Kier molecular flexibility index (Phi) is 8.14. The van der Waals surface area contributed by atoms with Crippen molar-refractivity contribution in [2.24, 2.45) is 0 Å². The molecule has 4 heterocycles. The molecule has 2 saturated heterocycles. The zero-order valence-electron chi connectivity index (χ0n) is 24.1. The Balaban J connectivity index is 1.36. The largest absolute Gasteiger partial charge is 0.416 e. The molecule has 2 aromatic heterocycles.